The van der Waals surface area contributed by atoms with E-state index in [2.05, 4.69) is 33.0 Å². The first-order valence-electron chi connectivity index (χ1n) is 6.34. The summed E-state index contributed by atoms with van der Waals surface area (Å²) in [6.07, 6.45) is 1.32. The third-order valence-electron chi connectivity index (χ3n) is 3.76. The van der Waals surface area contributed by atoms with Gasteiger partial charge >= 0.3 is 0 Å². The molecule has 1 N–H and O–H groups in total. The Hall–Kier alpha value is -1.01. The third kappa shape index (κ3) is 3.99. The van der Waals surface area contributed by atoms with Crippen LogP contribution in [0.2, 0.25) is 0 Å². The molecule has 0 bridgehead atoms. The van der Waals surface area contributed by atoms with E-state index in [0.717, 1.165) is 0 Å². The summed E-state index contributed by atoms with van der Waals surface area (Å²) in [5.74, 6) is 0.0998. The van der Waals surface area contributed by atoms with Gasteiger partial charge in [0.05, 0.1) is 0 Å². The molecular weight excluding hydrogens is 300 g/mol. The van der Waals surface area contributed by atoms with Gasteiger partial charge in [0.1, 0.15) is 10.6 Å². The first kappa shape index (κ1) is 17.0. The summed E-state index contributed by atoms with van der Waals surface area (Å²) >= 11 is 0. The SMILES string of the molecule is CC(C)C(C)(C)CNC(=O)c1cc(S(=O)(=O)Cl)cn1C. The summed E-state index contributed by atoms with van der Waals surface area (Å²) in [7, 11) is 3.05. The number of rotatable bonds is 5. The Labute approximate surface area is 124 Å². The number of hydrogen-bond acceptors (Lipinski definition) is 3. The molecule has 0 unspecified atom stereocenters. The van der Waals surface area contributed by atoms with Crippen molar-refractivity contribution in [2.24, 2.45) is 18.4 Å². The number of carbonyl (C=O) groups excluding carboxylic acids is 1. The zero-order valence-electron chi connectivity index (χ0n) is 12.4. The van der Waals surface area contributed by atoms with Crippen LogP contribution in [0.25, 0.3) is 0 Å². The van der Waals surface area contributed by atoms with Crippen molar-refractivity contribution < 1.29 is 13.2 Å². The molecule has 0 radical (unpaired) electrons. The minimum Gasteiger partial charge on any atom is -0.350 e. The van der Waals surface area contributed by atoms with Gasteiger partial charge in [-0.05, 0) is 17.4 Å². The number of amides is 1. The lowest BCUT2D eigenvalue weighted by Crippen LogP contribution is -2.37. The Morgan fingerprint density at radius 1 is 1.45 bits per heavy atom. The highest BCUT2D eigenvalue weighted by molar-refractivity contribution is 8.13. The zero-order chi connectivity index (χ0) is 15.7. The first-order chi connectivity index (χ1) is 8.95. The average Bonchev–Trinajstić information content (AvgIpc) is 2.68. The molecule has 0 aromatic carbocycles. The van der Waals surface area contributed by atoms with Crippen LogP contribution in [-0.4, -0.2) is 25.4 Å². The largest absolute Gasteiger partial charge is 0.350 e. The molecule has 1 rings (SSSR count). The number of aromatic nitrogens is 1. The van der Waals surface area contributed by atoms with Crippen molar-refractivity contribution in [1.82, 2.24) is 9.88 Å². The fraction of sp³-hybridized carbons (Fsp3) is 0.615. The standard InChI is InChI=1S/C13H21ClN2O3S/c1-9(2)13(3,4)8-15-12(17)11-6-10(7-16(11)5)20(14,18)19/h6-7,9H,8H2,1-5H3,(H,15,17). The number of carbonyl (C=O) groups is 1. The van der Waals surface area contributed by atoms with Gasteiger partial charge in [0.15, 0.2) is 0 Å². The minimum absolute atomic E-state index is 0.0395. The summed E-state index contributed by atoms with van der Waals surface area (Å²) in [6, 6.07) is 1.28. The van der Waals surface area contributed by atoms with Crippen molar-refractivity contribution in [1.29, 1.82) is 0 Å². The summed E-state index contributed by atoms with van der Waals surface area (Å²) in [5, 5.41) is 2.83. The normalized spacial score (nSPS) is 12.8. The summed E-state index contributed by atoms with van der Waals surface area (Å²) < 4.78 is 23.9. The molecule has 1 aromatic rings. The van der Waals surface area contributed by atoms with Gasteiger partial charge in [0.25, 0.3) is 15.0 Å². The van der Waals surface area contributed by atoms with Gasteiger partial charge in [-0.1, -0.05) is 27.7 Å². The molecule has 20 heavy (non-hydrogen) atoms. The molecular formula is C13H21ClN2O3S. The summed E-state index contributed by atoms with van der Waals surface area (Å²) in [5.41, 5.74) is 0.228. The van der Waals surface area contributed by atoms with Gasteiger partial charge in [-0.2, -0.15) is 0 Å². The van der Waals surface area contributed by atoms with E-state index in [1.165, 1.54) is 16.8 Å². The van der Waals surface area contributed by atoms with Crippen LogP contribution in [0, 0.1) is 11.3 Å². The molecule has 0 saturated carbocycles. The Morgan fingerprint density at radius 2 is 2.00 bits per heavy atom. The van der Waals surface area contributed by atoms with Crippen molar-refractivity contribution in [3.05, 3.63) is 18.0 Å². The third-order valence-corrected chi connectivity index (χ3v) is 5.08. The van der Waals surface area contributed by atoms with E-state index in [0.29, 0.717) is 12.5 Å². The van der Waals surface area contributed by atoms with Crippen molar-refractivity contribution in [2.75, 3.05) is 6.54 Å². The highest BCUT2D eigenvalue weighted by Crippen LogP contribution is 2.25. The second-order valence-electron chi connectivity index (χ2n) is 5.94. The molecule has 0 aliphatic heterocycles. The Morgan fingerprint density at radius 3 is 2.40 bits per heavy atom. The highest BCUT2D eigenvalue weighted by Gasteiger charge is 2.24. The van der Waals surface area contributed by atoms with Gasteiger partial charge in [0.2, 0.25) is 0 Å². The second kappa shape index (κ2) is 5.77. The molecule has 0 saturated heterocycles. The van der Waals surface area contributed by atoms with Gasteiger partial charge in [-0.15, -0.1) is 0 Å². The molecule has 0 fully saturated rings. The van der Waals surface area contributed by atoms with E-state index in [9.17, 15) is 13.2 Å². The lowest BCUT2D eigenvalue weighted by molar-refractivity contribution is 0.0916. The van der Waals surface area contributed by atoms with Crippen LogP contribution < -0.4 is 5.32 Å². The molecule has 0 aliphatic carbocycles. The topological polar surface area (TPSA) is 68.2 Å². The molecule has 5 nitrogen and oxygen atoms in total. The maximum absolute atomic E-state index is 12.1. The number of nitrogens with zero attached hydrogens (tertiary/aromatic N) is 1. The van der Waals surface area contributed by atoms with E-state index in [1.807, 2.05) is 0 Å². The van der Waals surface area contributed by atoms with Gasteiger partial charge in [-0.25, -0.2) is 8.42 Å². The van der Waals surface area contributed by atoms with Gasteiger partial charge < -0.3 is 9.88 Å². The van der Waals surface area contributed by atoms with Crippen LogP contribution in [0.3, 0.4) is 0 Å². The fourth-order valence-electron chi connectivity index (χ4n) is 1.50. The van der Waals surface area contributed by atoms with Crippen molar-refractivity contribution >= 4 is 25.6 Å². The summed E-state index contributed by atoms with van der Waals surface area (Å²) in [4.78, 5) is 12.0. The lowest BCUT2D eigenvalue weighted by atomic mass is 9.81. The maximum Gasteiger partial charge on any atom is 0.267 e. The smallest absolute Gasteiger partial charge is 0.267 e. The Kier molecular flexibility index (Phi) is 4.92. The highest BCUT2D eigenvalue weighted by atomic mass is 35.7. The van der Waals surface area contributed by atoms with E-state index in [4.69, 9.17) is 10.7 Å². The van der Waals surface area contributed by atoms with Crippen molar-refractivity contribution in [3.8, 4) is 0 Å². The number of halogens is 1. The molecule has 0 aliphatic rings. The Bertz CT molecular complexity index is 603. The molecule has 1 heterocycles. The molecule has 0 spiro atoms. The quantitative estimate of drug-likeness (QED) is 0.847. The number of aryl methyl sites for hydroxylation is 1. The molecule has 0 atom stereocenters. The first-order valence-corrected chi connectivity index (χ1v) is 8.65. The second-order valence-corrected chi connectivity index (χ2v) is 8.50. The maximum atomic E-state index is 12.1. The van der Waals surface area contributed by atoms with Crippen LogP contribution in [0.4, 0.5) is 0 Å². The lowest BCUT2D eigenvalue weighted by Gasteiger charge is -2.29. The molecule has 7 heteroatoms. The van der Waals surface area contributed by atoms with Gasteiger partial charge in [0, 0.05) is 30.5 Å². The monoisotopic (exact) mass is 320 g/mol. The van der Waals surface area contributed by atoms with Crippen molar-refractivity contribution in [3.63, 3.8) is 0 Å². The molecule has 114 valence electrons. The number of nitrogens with one attached hydrogen (secondary N) is 1. The predicted octanol–water partition coefficient (Wildman–Crippen LogP) is 2.36. The summed E-state index contributed by atoms with van der Waals surface area (Å²) in [6.45, 7) is 8.83. The van der Waals surface area contributed by atoms with E-state index >= 15 is 0 Å². The minimum atomic E-state index is -3.82. The van der Waals surface area contributed by atoms with Crippen LogP contribution in [0.15, 0.2) is 17.2 Å². The molecule has 1 amide bonds. The van der Waals surface area contributed by atoms with Crippen LogP contribution in [-0.2, 0) is 16.1 Å². The predicted molar refractivity (Wildman–Crippen MR) is 79.4 cm³/mol. The van der Waals surface area contributed by atoms with E-state index in [-0.39, 0.29) is 21.9 Å². The van der Waals surface area contributed by atoms with E-state index in [1.54, 1.807) is 7.05 Å². The number of hydrogen-bond donors (Lipinski definition) is 1. The molecule has 1 aromatic heterocycles. The Balaban J connectivity index is 2.87. The van der Waals surface area contributed by atoms with E-state index < -0.39 is 9.05 Å². The van der Waals surface area contributed by atoms with Crippen molar-refractivity contribution in [2.45, 2.75) is 32.6 Å². The van der Waals surface area contributed by atoms with Crippen LogP contribution in [0.5, 0.6) is 0 Å². The average molecular weight is 321 g/mol. The van der Waals surface area contributed by atoms with Crippen LogP contribution >= 0.6 is 10.7 Å². The van der Waals surface area contributed by atoms with Gasteiger partial charge in [-0.3, -0.25) is 4.79 Å². The van der Waals surface area contributed by atoms with Crippen LogP contribution in [0.1, 0.15) is 38.2 Å². The zero-order valence-corrected chi connectivity index (χ0v) is 14.0. The fourth-order valence-corrected chi connectivity index (χ4v) is 2.29.